The summed E-state index contributed by atoms with van der Waals surface area (Å²) < 4.78 is 42.4. The Labute approximate surface area is 185 Å². The van der Waals surface area contributed by atoms with E-state index < -0.39 is 10.0 Å². The van der Waals surface area contributed by atoms with Crippen molar-refractivity contribution in [2.75, 3.05) is 39.8 Å². The first-order valence-corrected chi connectivity index (χ1v) is 11.7. The number of carbonyl (C=O) groups excluding carboxylic acids is 1. The highest BCUT2D eigenvalue weighted by Crippen LogP contribution is 2.27. The molecule has 1 amide bonds. The van der Waals surface area contributed by atoms with Crippen LogP contribution in [0.3, 0.4) is 0 Å². The Bertz CT molecular complexity index is 1130. The van der Waals surface area contributed by atoms with E-state index in [1.807, 2.05) is 0 Å². The van der Waals surface area contributed by atoms with Gasteiger partial charge in [0.15, 0.2) is 5.84 Å². The number of sulfonamides is 1. The van der Waals surface area contributed by atoms with Crippen molar-refractivity contribution in [3.8, 4) is 0 Å². The summed E-state index contributed by atoms with van der Waals surface area (Å²) in [5, 5.41) is 0.396. The highest BCUT2D eigenvalue weighted by atomic mass is 35.5. The van der Waals surface area contributed by atoms with E-state index in [4.69, 9.17) is 11.6 Å². The predicted molar refractivity (Wildman–Crippen MR) is 116 cm³/mol. The number of halogens is 2. The SMILES string of the molecule is CN(CC(=O)N1CCN(Cc2c(F)cccc2Cl)CC1)C1=NS(=O)(=O)c2ccccc21. The van der Waals surface area contributed by atoms with Crippen LogP contribution in [-0.2, 0) is 21.4 Å². The van der Waals surface area contributed by atoms with Crippen molar-refractivity contribution in [2.45, 2.75) is 11.4 Å². The molecule has 1 saturated heterocycles. The molecule has 0 aliphatic carbocycles. The summed E-state index contributed by atoms with van der Waals surface area (Å²) in [4.78, 5) is 18.3. The standard InChI is InChI=1S/C21H22ClFN4O3S/c1-25(21-15-5-2-3-8-19(15)31(29,30)24-21)14-20(28)27-11-9-26(10-12-27)13-16-17(22)6-4-7-18(16)23/h2-8H,9-14H2,1H3. The Hall–Kier alpha value is -2.49. The lowest BCUT2D eigenvalue weighted by Crippen LogP contribution is -2.51. The van der Waals surface area contributed by atoms with E-state index in [-0.39, 0.29) is 29.0 Å². The zero-order chi connectivity index (χ0) is 22.2. The lowest BCUT2D eigenvalue weighted by molar-refractivity contribution is -0.133. The zero-order valence-corrected chi connectivity index (χ0v) is 18.5. The number of piperazine rings is 1. The lowest BCUT2D eigenvalue weighted by atomic mass is 10.1. The molecule has 10 heteroatoms. The molecule has 2 aromatic rings. The Balaban J connectivity index is 1.36. The normalized spacial score (nSPS) is 17.9. The number of amidine groups is 1. The second-order valence-electron chi connectivity index (χ2n) is 7.60. The fourth-order valence-corrected chi connectivity index (χ4v) is 5.28. The topological polar surface area (TPSA) is 73.3 Å². The molecule has 164 valence electrons. The Kier molecular flexibility index (Phi) is 6.00. The van der Waals surface area contributed by atoms with E-state index >= 15 is 0 Å². The number of rotatable bonds is 4. The van der Waals surface area contributed by atoms with E-state index in [2.05, 4.69) is 9.30 Å². The highest BCUT2D eigenvalue weighted by molar-refractivity contribution is 7.90. The maximum absolute atomic E-state index is 14.0. The summed E-state index contributed by atoms with van der Waals surface area (Å²) in [5.41, 5.74) is 0.965. The summed E-state index contributed by atoms with van der Waals surface area (Å²) in [7, 11) is -2.07. The number of benzene rings is 2. The fourth-order valence-electron chi connectivity index (χ4n) is 3.80. The van der Waals surface area contributed by atoms with Crippen LogP contribution in [0.4, 0.5) is 4.39 Å². The number of hydrogen-bond donors (Lipinski definition) is 0. The van der Waals surface area contributed by atoms with Crippen molar-refractivity contribution < 1.29 is 17.6 Å². The van der Waals surface area contributed by atoms with Gasteiger partial charge in [-0.1, -0.05) is 29.8 Å². The highest BCUT2D eigenvalue weighted by Gasteiger charge is 2.32. The van der Waals surface area contributed by atoms with Crippen LogP contribution >= 0.6 is 11.6 Å². The molecular weight excluding hydrogens is 443 g/mol. The predicted octanol–water partition coefficient (Wildman–Crippen LogP) is 2.20. The smallest absolute Gasteiger partial charge is 0.285 e. The Morgan fingerprint density at radius 3 is 2.55 bits per heavy atom. The van der Waals surface area contributed by atoms with Crippen molar-refractivity contribution in [1.29, 1.82) is 0 Å². The molecule has 0 unspecified atom stereocenters. The van der Waals surface area contributed by atoms with Gasteiger partial charge in [-0.25, -0.2) is 4.39 Å². The molecule has 0 saturated carbocycles. The number of fused-ring (bicyclic) bond motifs is 1. The van der Waals surface area contributed by atoms with Crippen molar-refractivity contribution in [3.63, 3.8) is 0 Å². The average Bonchev–Trinajstić information content (AvgIpc) is 3.03. The minimum absolute atomic E-state index is 0.0157. The summed E-state index contributed by atoms with van der Waals surface area (Å²) in [6.07, 6.45) is 0. The minimum atomic E-state index is -3.73. The van der Waals surface area contributed by atoms with Crippen molar-refractivity contribution in [2.24, 2.45) is 4.40 Å². The molecule has 4 rings (SSSR count). The largest absolute Gasteiger partial charge is 0.349 e. The van der Waals surface area contributed by atoms with Gasteiger partial charge in [-0.3, -0.25) is 9.69 Å². The van der Waals surface area contributed by atoms with Crippen molar-refractivity contribution in [1.82, 2.24) is 14.7 Å². The third-order valence-electron chi connectivity index (χ3n) is 5.51. The molecule has 0 N–H and O–H groups in total. The van der Waals surface area contributed by atoms with Gasteiger partial charge in [-0.15, -0.1) is 4.40 Å². The van der Waals surface area contributed by atoms with Crippen LogP contribution in [0.1, 0.15) is 11.1 Å². The van der Waals surface area contributed by atoms with Crippen LogP contribution in [0.5, 0.6) is 0 Å². The summed E-state index contributed by atoms with van der Waals surface area (Å²) in [5.74, 6) is -0.174. The third-order valence-corrected chi connectivity index (χ3v) is 7.19. The van der Waals surface area contributed by atoms with E-state index in [9.17, 15) is 17.6 Å². The van der Waals surface area contributed by atoms with Crippen LogP contribution in [0, 0.1) is 5.82 Å². The van der Waals surface area contributed by atoms with Gasteiger partial charge in [0.1, 0.15) is 10.7 Å². The van der Waals surface area contributed by atoms with E-state index in [1.54, 1.807) is 47.2 Å². The third kappa shape index (κ3) is 4.44. The molecule has 0 atom stereocenters. The zero-order valence-electron chi connectivity index (χ0n) is 17.0. The van der Waals surface area contributed by atoms with Crippen LogP contribution in [0.25, 0.3) is 0 Å². The van der Waals surface area contributed by atoms with Crippen molar-refractivity contribution >= 4 is 33.4 Å². The van der Waals surface area contributed by atoms with Crippen LogP contribution < -0.4 is 0 Å². The number of carbonyl (C=O) groups is 1. The molecule has 2 aromatic carbocycles. The van der Waals surface area contributed by atoms with Gasteiger partial charge in [0.05, 0.1) is 6.54 Å². The van der Waals surface area contributed by atoms with E-state index in [0.717, 1.165) is 0 Å². The molecule has 0 radical (unpaired) electrons. The van der Waals surface area contributed by atoms with E-state index in [0.29, 0.717) is 48.9 Å². The van der Waals surface area contributed by atoms with Gasteiger partial charge >= 0.3 is 0 Å². The molecular formula is C21H22ClFN4O3S. The number of amides is 1. The second-order valence-corrected chi connectivity index (χ2v) is 9.58. The fraction of sp³-hybridized carbons (Fsp3) is 0.333. The Morgan fingerprint density at radius 2 is 1.84 bits per heavy atom. The van der Waals surface area contributed by atoms with Gasteiger partial charge in [-0.2, -0.15) is 8.42 Å². The maximum Gasteiger partial charge on any atom is 0.285 e. The van der Waals surface area contributed by atoms with Crippen LogP contribution in [0.15, 0.2) is 51.8 Å². The molecule has 2 aliphatic heterocycles. The maximum atomic E-state index is 14.0. The first-order chi connectivity index (χ1) is 14.8. The lowest BCUT2D eigenvalue weighted by Gasteiger charge is -2.35. The molecule has 0 bridgehead atoms. The summed E-state index contributed by atoms with van der Waals surface area (Å²) in [6, 6.07) is 11.2. The quantitative estimate of drug-likeness (QED) is 0.693. The number of nitrogens with zero attached hydrogens (tertiary/aromatic N) is 4. The molecule has 1 fully saturated rings. The Morgan fingerprint density at radius 1 is 1.13 bits per heavy atom. The van der Waals surface area contributed by atoms with Gasteiger partial charge in [0, 0.05) is 55.9 Å². The molecule has 2 aliphatic rings. The van der Waals surface area contributed by atoms with Gasteiger partial charge < -0.3 is 9.80 Å². The van der Waals surface area contributed by atoms with Gasteiger partial charge in [0.2, 0.25) is 5.91 Å². The van der Waals surface area contributed by atoms with Gasteiger partial charge in [-0.05, 0) is 24.3 Å². The van der Waals surface area contributed by atoms with Crippen LogP contribution in [0.2, 0.25) is 5.02 Å². The minimum Gasteiger partial charge on any atom is -0.349 e. The van der Waals surface area contributed by atoms with Gasteiger partial charge in [0.25, 0.3) is 10.0 Å². The van der Waals surface area contributed by atoms with Crippen molar-refractivity contribution in [3.05, 3.63) is 64.4 Å². The van der Waals surface area contributed by atoms with Crippen LogP contribution in [-0.4, -0.2) is 74.6 Å². The second kappa shape index (κ2) is 8.57. The van der Waals surface area contributed by atoms with E-state index in [1.165, 1.54) is 12.1 Å². The number of hydrogen-bond acceptors (Lipinski definition) is 5. The molecule has 31 heavy (non-hydrogen) atoms. The summed E-state index contributed by atoms with van der Waals surface area (Å²) in [6.45, 7) is 2.59. The average molecular weight is 465 g/mol. The number of likely N-dealkylation sites (N-methyl/N-ethyl adjacent to an activating group) is 1. The first-order valence-electron chi connectivity index (χ1n) is 9.85. The molecule has 0 aromatic heterocycles. The summed E-state index contributed by atoms with van der Waals surface area (Å²) >= 11 is 6.11. The monoisotopic (exact) mass is 464 g/mol. The first kappa shape index (κ1) is 21.7. The molecule has 0 spiro atoms. The molecule has 2 heterocycles. The molecule has 7 nitrogen and oxygen atoms in total.